The normalized spacial score (nSPS) is 11.1. The zero-order chi connectivity index (χ0) is 15.8. The maximum atomic E-state index is 11.7. The van der Waals surface area contributed by atoms with Crippen LogP contribution in [0.2, 0.25) is 5.02 Å². The minimum atomic E-state index is -0.374. The Morgan fingerprint density at radius 2 is 1.77 bits per heavy atom. The molecule has 0 saturated carbocycles. The summed E-state index contributed by atoms with van der Waals surface area (Å²) in [6.07, 6.45) is 1.47. The molecule has 22 heavy (non-hydrogen) atoms. The summed E-state index contributed by atoms with van der Waals surface area (Å²) in [6.45, 7) is 2.39. The predicted molar refractivity (Wildman–Crippen MR) is 88.0 cm³/mol. The van der Waals surface area contributed by atoms with E-state index in [1.54, 1.807) is 31.2 Å². The van der Waals surface area contributed by atoms with E-state index in [2.05, 4.69) is 0 Å². The molecule has 0 unspecified atom stereocenters. The topological polar surface area (TPSA) is 35.5 Å². The Bertz CT molecular complexity index is 633. The molecule has 0 N–H and O–H groups in total. The van der Waals surface area contributed by atoms with E-state index < -0.39 is 0 Å². The van der Waals surface area contributed by atoms with Gasteiger partial charge in [-0.2, -0.15) is 0 Å². The molecule has 2 rings (SSSR count). The Morgan fingerprint density at radius 1 is 1.09 bits per heavy atom. The summed E-state index contributed by atoms with van der Waals surface area (Å²) in [5.74, 6) is 0.316. The summed E-state index contributed by atoms with van der Waals surface area (Å²) in [5, 5.41) is 0.651. The third-order valence-corrected chi connectivity index (χ3v) is 3.18. The number of carbonyl (C=O) groups is 1. The van der Waals surface area contributed by atoms with Crippen LogP contribution >= 0.6 is 11.6 Å². The highest BCUT2D eigenvalue weighted by atomic mass is 35.5. The van der Waals surface area contributed by atoms with Crippen molar-refractivity contribution in [2.45, 2.75) is 6.92 Å². The van der Waals surface area contributed by atoms with E-state index in [4.69, 9.17) is 21.1 Å². The molecule has 0 spiro atoms. The van der Waals surface area contributed by atoms with Crippen LogP contribution in [0, 0.1) is 0 Å². The van der Waals surface area contributed by atoms with Gasteiger partial charge in [-0.3, -0.25) is 0 Å². The first-order valence-electron chi connectivity index (χ1n) is 7.00. The highest BCUT2D eigenvalue weighted by molar-refractivity contribution is 6.30. The molecule has 2 aromatic carbocycles. The number of ether oxygens (including phenoxy) is 2. The zero-order valence-corrected chi connectivity index (χ0v) is 13.0. The quantitative estimate of drug-likeness (QED) is 0.586. The van der Waals surface area contributed by atoms with E-state index in [1.807, 2.05) is 30.3 Å². The molecule has 0 aliphatic carbocycles. The SMILES string of the molecule is CCOC(=O)/C=C(\COc1ccc(Cl)cc1)c1ccccc1. The van der Waals surface area contributed by atoms with Crippen molar-refractivity contribution in [3.8, 4) is 5.75 Å². The van der Waals surface area contributed by atoms with Crippen molar-refractivity contribution >= 4 is 23.1 Å². The molecule has 0 radical (unpaired) electrons. The average molecular weight is 317 g/mol. The van der Waals surface area contributed by atoms with Crippen LogP contribution in [-0.2, 0) is 9.53 Å². The first-order chi connectivity index (χ1) is 10.7. The van der Waals surface area contributed by atoms with Gasteiger partial charge in [0, 0.05) is 16.7 Å². The number of rotatable bonds is 6. The van der Waals surface area contributed by atoms with Crippen molar-refractivity contribution in [1.29, 1.82) is 0 Å². The van der Waals surface area contributed by atoms with E-state index in [1.165, 1.54) is 6.08 Å². The van der Waals surface area contributed by atoms with Crippen LogP contribution in [0.4, 0.5) is 0 Å². The molecule has 0 heterocycles. The van der Waals surface area contributed by atoms with Crippen molar-refractivity contribution in [3.05, 3.63) is 71.3 Å². The number of esters is 1. The summed E-state index contributed by atoms with van der Waals surface area (Å²) in [7, 11) is 0. The molecule has 0 aliphatic heterocycles. The lowest BCUT2D eigenvalue weighted by Crippen LogP contribution is -2.06. The predicted octanol–water partition coefficient (Wildman–Crippen LogP) is 4.37. The van der Waals surface area contributed by atoms with Gasteiger partial charge in [0.25, 0.3) is 0 Å². The molecule has 0 amide bonds. The molecule has 0 atom stereocenters. The lowest BCUT2D eigenvalue weighted by atomic mass is 10.1. The summed E-state index contributed by atoms with van der Waals surface area (Å²) >= 11 is 5.85. The summed E-state index contributed by atoms with van der Waals surface area (Å²) in [6, 6.07) is 16.7. The maximum absolute atomic E-state index is 11.7. The fourth-order valence-corrected chi connectivity index (χ4v) is 2.00. The van der Waals surface area contributed by atoms with Gasteiger partial charge in [-0.05, 0) is 36.8 Å². The Labute approximate surface area is 135 Å². The van der Waals surface area contributed by atoms with Gasteiger partial charge in [0.05, 0.1) is 6.61 Å². The Balaban J connectivity index is 2.14. The van der Waals surface area contributed by atoms with E-state index in [9.17, 15) is 4.79 Å². The van der Waals surface area contributed by atoms with E-state index in [0.29, 0.717) is 17.4 Å². The van der Waals surface area contributed by atoms with E-state index in [0.717, 1.165) is 11.1 Å². The zero-order valence-electron chi connectivity index (χ0n) is 12.3. The number of halogens is 1. The van der Waals surface area contributed by atoms with Crippen molar-refractivity contribution in [3.63, 3.8) is 0 Å². The van der Waals surface area contributed by atoms with Crippen LogP contribution in [0.5, 0.6) is 5.75 Å². The first-order valence-corrected chi connectivity index (χ1v) is 7.38. The van der Waals surface area contributed by atoms with Crippen LogP contribution in [0.25, 0.3) is 5.57 Å². The molecule has 114 valence electrons. The third-order valence-electron chi connectivity index (χ3n) is 2.93. The second kappa shape index (κ2) is 8.25. The highest BCUT2D eigenvalue weighted by Gasteiger charge is 2.07. The van der Waals surface area contributed by atoms with Crippen LogP contribution in [0.3, 0.4) is 0 Å². The second-order valence-corrected chi connectivity index (χ2v) is 4.97. The van der Waals surface area contributed by atoms with Crippen molar-refractivity contribution in [2.75, 3.05) is 13.2 Å². The monoisotopic (exact) mass is 316 g/mol. The van der Waals surface area contributed by atoms with Crippen molar-refractivity contribution in [2.24, 2.45) is 0 Å². The number of benzene rings is 2. The van der Waals surface area contributed by atoms with Crippen LogP contribution in [-0.4, -0.2) is 19.2 Å². The summed E-state index contributed by atoms with van der Waals surface area (Å²) < 4.78 is 10.7. The fourth-order valence-electron chi connectivity index (χ4n) is 1.88. The average Bonchev–Trinajstić information content (AvgIpc) is 2.54. The Kier molecular flexibility index (Phi) is 6.04. The summed E-state index contributed by atoms with van der Waals surface area (Å²) in [5.41, 5.74) is 1.68. The Morgan fingerprint density at radius 3 is 2.41 bits per heavy atom. The molecule has 0 bridgehead atoms. The van der Waals surface area contributed by atoms with Gasteiger partial charge in [0.2, 0.25) is 0 Å². The van der Waals surface area contributed by atoms with E-state index >= 15 is 0 Å². The largest absolute Gasteiger partial charge is 0.489 e. The standard InChI is InChI=1S/C18H17ClO3/c1-2-21-18(20)12-15(14-6-4-3-5-7-14)13-22-17-10-8-16(19)9-11-17/h3-12H,2,13H2,1H3/b15-12+. The maximum Gasteiger partial charge on any atom is 0.331 e. The van der Waals surface area contributed by atoms with Gasteiger partial charge in [0.15, 0.2) is 0 Å². The molecule has 0 fully saturated rings. The number of carbonyl (C=O) groups excluding carboxylic acids is 1. The number of hydrogen-bond acceptors (Lipinski definition) is 3. The molecular weight excluding hydrogens is 300 g/mol. The first kappa shape index (κ1) is 16.1. The third kappa shape index (κ3) is 4.93. The smallest absolute Gasteiger partial charge is 0.331 e. The molecule has 0 saturated heterocycles. The molecular formula is C18H17ClO3. The van der Waals surface area contributed by atoms with Crippen LogP contribution in [0.1, 0.15) is 12.5 Å². The minimum Gasteiger partial charge on any atom is -0.489 e. The van der Waals surface area contributed by atoms with Crippen LogP contribution < -0.4 is 4.74 Å². The van der Waals surface area contributed by atoms with Gasteiger partial charge in [-0.15, -0.1) is 0 Å². The molecule has 0 aliphatic rings. The molecule has 2 aromatic rings. The molecule has 3 nitrogen and oxygen atoms in total. The van der Waals surface area contributed by atoms with Gasteiger partial charge < -0.3 is 9.47 Å². The van der Waals surface area contributed by atoms with Crippen molar-refractivity contribution < 1.29 is 14.3 Å². The van der Waals surface area contributed by atoms with Crippen LogP contribution in [0.15, 0.2) is 60.7 Å². The van der Waals surface area contributed by atoms with Gasteiger partial charge >= 0.3 is 5.97 Å². The minimum absolute atomic E-state index is 0.268. The second-order valence-electron chi connectivity index (χ2n) is 4.53. The Hall–Kier alpha value is -2.26. The van der Waals surface area contributed by atoms with Gasteiger partial charge in [-0.25, -0.2) is 4.79 Å². The van der Waals surface area contributed by atoms with Crippen molar-refractivity contribution in [1.82, 2.24) is 0 Å². The van der Waals surface area contributed by atoms with Gasteiger partial charge in [0.1, 0.15) is 12.4 Å². The lowest BCUT2D eigenvalue weighted by molar-refractivity contribution is -0.137. The molecule has 4 heteroatoms. The highest BCUT2D eigenvalue weighted by Crippen LogP contribution is 2.19. The fraction of sp³-hybridized carbons (Fsp3) is 0.167. The van der Waals surface area contributed by atoms with Gasteiger partial charge in [-0.1, -0.05) is 41.9 Å². The molecule has 0 aromatic heterocycles. The lowest BCUT2D eigenvalue weighted by Gasteiger charge is -2.10. The summed E-state index contributed by atoms with van der Waals surface area (Å²) in [4.78, 5) is 11.7. The number of hydrogen-bond donors (Lipinski definition) is 0. The van der Waals surface area contributed by atoms with E-state index in [-0.39, 0.29) is 12.6 Å².